The van der Waals surface area contributed by atoms with Crippen LogP contribution in [0.5, 0.6) is 0 Å². The van der Waals surface area contributed by atoms with Gasteiger partial charge in [0.2, 0.25) is 0 Å². The molecule has 5 aliphatic heterocycles. The van der Waals surface area contributed by atoms with E-state index in [1.165, 1.54) is 0 Å². The fraction of sp³-hybridized carbons (Fsp3) is 0.191. The van der Waals surface area contributed by atoms with E-state index in [1.54, 1.807) is 28.0 Å². The molecule has 5 heterocycles. The molecule has 12 aromatic carbocycles. The molecule has 1 fully saturated rings. The Labute approximate surface area is 702 Å². The first-order valence-corrected chi connectivity index (χ1v) is 40.8. The summed E-state index contributed by atoms with van der Waals surface area (Å²) >= 11 is 10.6. The van der Waals surface area contributed by atoms with Gasteiger partial charge in [0.25, 0.3) is 23.6 Å². The average molecular weight is 1630 g/mol. The van der Waals surface area contributed by atoms with Crippen molar-refractivity contribution in [2.75, 3.05) is 63.6 Å². The first-order chi connectivity index (χ1) is 55.2. The van der Waals surface area contributed by atoms with Gasteiger partial charge in [-0.1, -0.05) is 343 Å². The predicted octanol–water partition coefficient (Wildman–Crippen LogP) is 13.3. The van der Waals surface area contributed by atoms with Crippen LogP contribution in [0.4, 0.5) is 0 Å². The van der Waals surface area contributed by atoms with Crippen LogP contribution in [-0.4, -0.2) is 125 Å². The Kier molecular flexibility index (Phi) is 27.0. The van der Waals surface area contributed by atoms with Gasteiger partial charge in [-0.3, -0.25) is 38.8 Å². The van der Waals surface area contributed by atoms with Gasteiger partial charge in [0.15, 0.2) is 22.2 Å². The Bertz CT molecular complexity index is 5350. The SMILES string of the molecule is O=C1c2ccccc2C(Cl)(c2ccccc2)N1Cc1ccccc1.O=C1c2ccccc2C(OCCBr)(c2ccccc2)N1Cc1ccccc1.O=C1c2ccccc2C(OCCN2CCNCC2)(c2ccccc2)N1Cc1ccccc1.O=C1c2ccccc2C(OCCS(=O)(=O)[O-])(c2ccccc2)N1Cc1ccccc1.[Na+]. The number of benzene rings is 12. The van der Waals surface area contributed by atoms with Gasteiger partial charge in [0.1, 0.15) is 0 Å². The molecule has 1 saturated heterocycles. The minimum atomic E-state index is -4.47. The molecule has 0 radical (unpaired) electrons. The Hall–Kier alpha value is -10.0. The van der Waals surface area contributed by atoms with E-state index in [2.05, 4.69) is 50.4 Å². The molecule has 0 bridgehead atoms. The molecule has 572 valence electrons. The fourth-order valence-electron chi connectivity index (χ4n) is 15.7. The van der Waals surface area contributed by atoms with Gasteiger partial charge in [0.05, 0.1) is 35.7 Å². The Balaban J connectivity index is 0.000000133. The minimum absolute atomic E-state index is 0. The second-order valence-electron chi connectivity index (χ2n) is 27.8. The van der Waals surface area contributed by atoms with Crippen LogP contribution >= 0.6 is 27.5 Å². The monoisotopic (exact) mass is 1630 g/mol. The topological polar surface area (TPSA) is 181 Å². The van der Waals surface area contributed by atoms with Crippen molar-refractivity contribution >= 4 is 61.3 Å². The second kappa shape index (κ2) is 37.5. The van der Waals surface area contributed by atoms with Gasteiger partial charge in [-0.2, -0.15) is 0 Å². The molecule has 16 nitrogen and oxygen atoms in total. The van der Waals surface area contributed by atoms with Crippen LogP contribution in [0.1, 0.15) is 108 Å². The largest absolute Gasteiger partial charge is 1.00 e. The predicted molar refractivity (Wildman–Crippen MR) is 441 cm³/mol. The molecule has 0 aromatic heterocycles. The number of ether oxygens (including phenoxy) is 3. The number of halogens is 2. The zero-order valence-electron chi connectivity index (χ0n) is 63.2. The van der Waals surface area contributed by atoms with Crippen molar-refractivity contribution in [1.29, 1.82) is 0 Å². The molecule has 17 rings (SSSR count). The number of amides is 4. The Morgan fingerprint density at radius 3 is 0.947 bits per heavy atom. The van der Waals surface area contributed by atoms with Crippen molar-refractivity contribution < 1.29 is 75.9 Å². The van der Waals surface area contributed by atoms with Crippen LogP contribution < -0.4 is 34.9 Å². The first-order valence-electron chi connectivity index (χ1n) is 37.8. The summed E-state index contributed by atoms with van der Waals surface area (Å²) in [5.74, 6) is -0.933. The minimum Gasteiger partial charge on any atom is -0.748 e. The fourth-order valence-corrected chi connectivity index (χ4v) is 16.6. The summed E-state index contributed by atoms with van der Waals surface area (Å²) in [6.07, 6.45) is 0. The summed E-state index contributed by atoms with van der Waals surface area (Å²) in [5.41, 5.74) is 10.3. The number of hydrogen-bond acceptors (Lipinski definition) is 12. The Morgan fingerprint density at radius 1 is 0.351 bits per heavy atom. The number of piperazine rings is 1. The number of fused-ring (bicyclic) bond motifs is 4. The van der Waals surface area contributed by atoms with Crippen molar-refractivity contribution in [1.82, 2.24) is 29.8 Å². The van der Waals surface area contributed by atoms with Crippen LogP contribution in [0.15, 0.2) is 340 Å². The van der Waals surface area contributed by atoms with Crippen molar-refractivity contribution in [2.24, 2.45) is 0 Å². The summed E-state index contributed by atoms with van der Waals surface area (Å²) in [4.78, 5) is 62.1. The van der Waals surface area contributed by atoms with Crippen molar-refractivity contribution in [3.05, 3.63) is 429 Å². The number of hydrogen-bond donors (Lipinski definition) is 1. The van der Waals surface area contributed by atoms with Gasteiger partial charge in [-0.05, 0) is 52.1 Å². The molecule has 5 aliphatic rings. The van der Waals surface area contributed by atoms with Crippen molar-refractivity contribution in [2.45, 2.75) is 48.4 Å². The van der Waals surface area contributed by atoms with E-state index in [0.717, 1.165) is 93.9 Å². The van der Waals surface area contributed by atoms with Gasteiger partial charge in [-0.15, -0.1) is 0 Å². The van der Waals surface area contributed by atoms with Gasteiger partial charge >= 0.3 is 29.6 Å². The molecular weight excluding hydrogens is 1540 g/mol. The van der Waals surface area contributed by atoms with E-state index < -0.39 is 38.0 Å². The summed E-state index contributed by atoms with van der Waals surface area (Å²) in [6.45, 7) is 7.26. The second-order valence-corrected chi connectivity index (χ2v) is 30.7. The number of alkyl halides is 2. The molecule has 4 amide bonds. The average Bonchev–Trinajstić information content (AvgIpc) is 1.63. The van der Waals surface area contributed by atoms with Gasteiger partial charge in [-0.25, -0.2) is 8.42 Å². The molecule has 1 N–H and O–H groups in total. The molecule has 0 spiro atoms. The molecule has 114 heavy (non-hydrogen) atoms. The summed E-state index contributed by atoms with van der Waals surface area (Å²) in [7, 11) is -4.47. The number of carbonyl (C=O) groups excluding carboxylic acids is 4. The third-order valence-electron chi connectivity index (χ3n) is 20.9. The first kappa shape index (κ1) is 82.0. The molecule has 0 aliphatic carbocycles. The van der Waals surface area contributed by atoms with Crippen LogP contribution in [0.3, 0.4) is 0 Å². The standard InChI is InChI=1S/C27H29N3O2.C23H20BrNO2.C23H21NO5S.C21H16ClNO.Na/c31-26-24-13-7-8-14-25(24)27(23-11-5-2-6-12-23,30(26)21-22-9-3-1-4-10-22)32-20-19-29-17-15-28-16-18-29;24-15-16-27-23(19-11-5-2-6-12-19)21-14-8-7-13-20(21)22(26)25(23)17-18-9-3-1-4-10-18;25-22-20-13-7-8-14-21(20)23(19-11-5-2-6-12-19,29-15-16-30(26,27)28)24(22)17-18-9-3-1-4-10-18;22-21(17-11-5-2-6-12-17)19-14-8-7-13-18(19)20(24)23(21)15-16-9-3-1-4-10-16;/h1-14,28H,15-21H2;1-14H,15-17H2;1-14H,15-17H2,(H,26,27,28);1-14H,15H2;/q;;;;+1/p-1. The summed E-state index contributed by atoms with van der Waals surface area (Å²) in [5, 5.41) is 4.09. The zero-order valence-corrected chi connectivity index (χ0v) is 68.4. The number of rotatable bonds is 23. The molecule has 0 saturated carbocycles. The molecular formula is C94H85BrClN6NaO10S. The quantitative estimate of drug-likeness (QED) is 0.0277. The van der Waals surface area contributed by atoms with Crippen LogP contribution in [0.25, 0.3) is 0 Å². The maximum atomic E-state index is 13.7. The van der Waals surface area contributed by atoms with E-state index in [-0.39, 0.29) is 66.3 Å². The molecule has 4 unspecified atom stereocenters. The smallest absolute Gasteiger partial charge is 0.748 e. The van der Waals surface area contributed by atoms with Crippen molar-refractivity contribution in [3.63, 3.8) is 0 Å². The van der Waals surface area contributed by atoms with Crippen LogP contribution in [-0.2, 0) is 72.7 Å². The van der Waals surface area contributed by atoms with E-state index in [0.29, 0.717) is 66.0 Å². The maximum absolute atomic E-state index is 13.7. The normalized spacial score (nSPS) is 19.2. The number of nitrogens with zero attached hydrogens (tertiary/aromatic N) is 5. The van der Waals surface area contributed by atoms with Crippen molar-refractivity contribution in [3.8, 4) is 0 Å². The third kappa shape index (κ3) is 17.2. The molecule has 4 atom stereocenters. The van der Waals surface area contributed by atoms with Crippen LogP contribution in [0.2, 0.25) is 0 Å². The number of carbonyl (C=O) groups is 4. The van der Waals surface area contributed by atoms with Gasteiger partial charge in [0, 0.05) is 125 Å². The van der Waals surface area contributed by atoms with E-state index in [1.807, 2.05) is 307 Å². The van der Waals surface area contributed by atoms with E-state index in [4.69, 9.17) is 25.8 Å². The Morgan fingerprint density at radius 2 is 0.614 bits per heavy atom. The van der Waals surface area contributed by atoms with Crippen LogP contribution in [0, 0.1) is 0 Å². The van der Waals surface area contributed by atoms with E-state index >= 15 is 0 Å². The molecule has 20 heteroatoms. The molecule has 12 aromatic rings. The summed E-state index contributed by atoms with van der Waals surface area (Å²) < 4.78 is 53.1. The van der Waals surface area contributed by atoms with Gasteiger partial charge < -0.3 is 29.0 Å². The number of nitrogens with one attached hydrogen (secondary N) is 1. The summed E-state index contributed by atoms with van der Waals surface area (Å²) in [6, 6.07) is 109. The third-order valence-corrected chi connectivity index (χ3v) is 22.5. The zero-order chi connectivity index (χ0) is 78.3. The van der Waals surface area contributed by atoms with E-state index in [9.17, 15) is 32.1 Å². The maximum Gasteiger partial charge on any atom is 1.00 e.